The van der Waals surface area contributed by atoms with Crippen molar-refractivity contribution in [1.82, 2.24) is 16.0 Å². The zero-order chi connectivity index (χ0) is 19.6. The fourth-order valence-corrected chi connectivity index (χ4v) is 2.25. The minimum atomic E-state index is -2.42. The smallest absolute Gasteiger partial charge is 0.415 e. The Hall–Kier alpha value is -3.93. The minimum Gasteiger partial charge on any atom is -0.472 e. The van der Waals surface area contributed by atoms with Crippen molar-refractivity contribution in [3.05, 3.63) is 48.3 Å². The molecule has 12 nitrogen and oxygen atoms in total. The van der Waals surface area contributed by atoms with Crippen LogP contribution in [0.4, 0.5) is 9.59 Å². The number of carbonyl (C=O) groups is 5. The molecule has 27 heavy (non-hydrogen) atoms. The molecule has 140 valence electrons. The van der Waals surface area contributed by atoms with Crippen molar-refractivity contribution in [3.63, 3.8) is 0 Å². The van der Waals surface area contributed by atoms with E-state index in [9.17, 15) is 29.1 Å². The van der Waals surface area contributed by atoms with Gasteiger partial charge < -0.3 is 18.7 Å². The number of imide groups is 3. The van der Waals surface area contributed by atoms with Gasteiger partial charge in [0.2, 0.25) is 6.10 Å². The number of ether oxygens (including phenoxy) is 1. The first-order chi connectivity index (χ1) is 12.8. The molecular weight excluding hydrogens is 366 g/mol. The van der Waals surface area contributed by atoms with Crippen molar-refractivity contribution in [2.24, 2.45) is 0 Å². The number of carbonyl (C=O) groups excluding carboxylic acids is 5. The van der Waals surface area contributed by atoms with Gasteiger partial charge >= 0.3 is 12.1 Å². The van der Waals surface area contributed by atoms with Crippen LogP contribution < -0.4 is 16.0 Å². The van der Waals surface area contributed by atoms with E-state index in [0.717, 1.165) is 6.26 Å². The Bertz CT molecular complexity index is 881. The minimum absolute atomic E-state index is 0.0370. The summed E-state index contributed by atoms with van der Waals surface area (Å²) in [7, 11) is 0. The summed E-state index contributed by atoms with van der Waals surface area (Å²) in [5, 5.41) is 15.4. The lowest BCUT2D eigenvalue weighted by Gasteiger charge is -2.27. The second kappa shape index (κ2) is 6.76. The van der Waals surface area contributed by atoms with Crippen molar-refractivity contribution in [2.75, 3.05) is 0 Å². The summed E-state index contributed by atoms with van der Waals surface area (Å²) < 4.78 is 14.0. The van der Waals surface area contributed by atoms with Crippen LogP contribution in [0.25, 0.3) is 0 Å². The number of amides is 6. The summed E-state index contributed by atoms with van der Waals surface area (Å²) in [5.74, 6) is -2.66. The van der Waals surface area contributed by atoms with Crippen LogP contribution in [0.1, 0.15) is 17.2 Å². The van der Waals surface area contributed by atoms with Crippen LogP contribution in [0.3, 0.4) is 0 Å². The lowest BCUT2D eigenvalue weighted by molar-refractivity contribution is -0.155. The Labute approximate surface area is 149 Å². The number of alkyl carbamates (subject to hydrolysis) is 1. The van der Waals surface area contributed by atoms with Crippen LogP contribution in [0.5, 0.6) is 0 Å². The molecule has 2 aliphatic heterocycles. The normalized spacial score (nSPS) is 20.8. The molecule has 2 aromatic heterocycles. The number of rotatable bonds is 2. The van der Waals surface area contributed by atoms with Crippen molar-refractivity contribution in [1.29, 1.82) is 0 Å². The quantitative estimate of drug-likeness (QED) is 0.498. The number of nitrogens with one attached hydrogen (secondary N) is 3. The number of barbiturate groups is 1. The first-order valence-electron chi connectivity index (χ1n) is 7.28. The van der Waals surface area contributed by atoms with Crippen LogP contribution in [0, 0.1) is 0 Å². The SMILES string of the molecule is O=C1NC(=O)C(O)(c2ccoc2)C(=O)N1.O=C1NC(=O)C(c2ccoc2)O1. The van der Waals surface area contributed by atoms with E-state index in [2.05, 4.69) is 9.15 Å². The third-order valence-corrected chi connectivity index (χ3v) is 3.58. The van der Waals surface area contributed by atoms with E-state index in [1.165, 1.54) is 24.9 Å². The summed E-state index contributed by atoms with van der Waals surface area (Å²) >= 11 is 0. The molecule has 6 amide bonds. The summed E-state index contributed by atoms with van der Waals surface area (Å²) in [6.07, 6.45) is 3.46. The topological polar surface area (TPSA) is 177 Å². The lowest BCUT2D eigenvalue weighted by Crippen LogP contribution is -2.64. The average molecular weight is 377 g/mol. The maximum Gasteiger partial charge on any atom is 0.415 e. The van der Waals surface area contributed by atoms with E-state index in [-0.39, 0.29) is 5.56 Å². The third-order valence-electron chi connectivity index (χ3n) is 3.58. The molecule has 1 unspecified atom stereocenters. The van der Waals surface area contributed by atoms with E-state index in [1.54, 1.807) is 16.7 Å². The van der Waals surface area contributed by atoms with Crippen molar-refractivity contribution in [3.8, 4) is 0 Å². The second-order valence-electron chi connectivity index (χ2n) is 5.29. The predicted molar refractivity (Wildman–Crippen MR) is 80.4 cm³/mol. The molecular formula is C15H11N3O9. The van der Waals surface area contributed by atoms with Gasteiger partial charge in [0.15, 0.2) is 0 Å². The fraction of sp³-hybridized carbons (Fsp3) is 0.133. The molecule has 2 saturated heterocycles. The average Bonchev–Trinajstić information content (AvgIpc) is 3.35. The van der Waals surface area contributed by atoms with Crippen molar-refractivity contribution >= 4 is 29.8 Å². The van der Waals surface area contributed by atoms with Gasteiger partial charge in [-0.05, 0) is 12.1 Å². The Morgan fingerprint density at radius 2 is 1.52 bits per heavy atom. The molecule has 4 heterocycles. The number of hydrogen-bond acceptors (Lipinski definition) is 9. The van der Waals surface area contributed by atoms with E-state index < -0.39 is 41.6 Å². The lowest BCUT2D eigenvalue weighted by atomic mass is 9.93. The predicted octanol–water partition coefficient (Wildman–Crippen LogP) is -0.580. The molecule has 4 N–H and O–H groups in total. The Morgan fingerprint density at radius 3 is 2.00 bits per heavy atom. The highest BCUT2D eigenvalue weighted by Crippen LogP contribution is 2.24. The van der Waals surface area contributed by atoms with Gasteiger partial charge in [-0.2, -0.15) is 0 Å². The van der Waals surface area contributed by atoms with Gasteiger partial charge in [-0.25, -0.2) is 9.59 Å². The first kappa shape index (κ1) is 17.9. The third kappa shape index (κ3) is 3.28. The highest BCUT2D eigenvalue weighted by atomic mass is 16.6. The zero-order valence-electron chi connectivity index (χ0n) is 13.3. The molecule has 0 saturated carbocycles. The molecule has 0 bridgehead atoms. The molecule has 1 atom stereocenters. The van der Waals surface area contributed by atoms with Crippen molar-refractivity contribution in [2.45, 2.75) is 11.7 Å². The highest BCUT2D eigenvalue weighted by Gasteiger charge is 2.51. The monoisotopic (exact) mass is 377 g/mol. The number of cyclic esters (lactones) is 1. The van der Waals surface area contributed by atoms with E-state index in [0.29, 0.717) is 5.56 Å². The molecule has 0 aromatic carbocycles. The van der Waals surface area contributed by atoms with Crippen molar-refractivity contribution < 1.29 is 42.7 Å². The maximum absolute atomic E-state index is 11.4. The number of urea groups is 1. The molecule has 0 aliphatic carbocycles. The molecule has 4 rings (SSSR count). The van der Waals surface area contributed by atoms with Crippen LogP contribution in [0.2, 0.25) is 0 Å². The molecule has 0 spiro atoms. The van der Waals surface area contributed by atoms with Gasteiger partial charge in [0.25, 0.3) is 23.3 Å². The van der Waals surface area contributed by atoms with E-state index in [4.69, 9.17) is 4.42 Å². The van der Waals surface area contributed by atoms with Gasteiger partial charge in [-0.15, -0.1) is 0 Å². The van der Waals surface area contributed by atoms with E-state index >= 15 is 0 Å². The van der Waals surface area contributed by atoms with Crippen LogP contribution in [0.15, 0.2) is 46.0 Å². The van der Waals surface area contributed by atoms with Gasteiger partial charge in [-0.1, -0.05) is 0 Å². The summed E-state index contributed by atoms with van der Waals surface area (Å²) in [5.41, 5.74) is -1.91. The molecule has 2 aromatic rings. The number of aliphatic hydroxyl groups is 1. The molecule has 2 aliphatic rings. The van der Waals surface area contributed by atoms with Gasteiger partial charge in [-0.3, -0.25) is 30.3 Å². The van der Waals surface area contributed by atoms with Crippen LogP contribution in [-0.2, 0) is 24.7 Å². The maximum atomic E-state index is 11.4. The summed E-state index contributed by atoms with van der Waals surface area (Å²) in [6.45, 7) is 0. The zero-order valence-corrected chi connectivity index (χ0v) is 13.3. The molecule has 12 heteroatoms. The standard InChI is InChI=1S/C8H6N2O5.C7H5NO4/c11-5-8(14,4-1-2-15-3-4)6(12)10-7(13)9-5;9-6-5(12-7(10)8-6)4-1-2-11-3-4/h1-3,14H,(H2,9,10,11,12,13);1-3,5H,(H,8,9,10). The van der Waals surface area contributed by atoms with Gasteiger partial charge in [0, 0.05) is 11.1 Å². The van der Waals surface area contributed by atoms with Gasteiger partial charge in [0.1, 0.15) is 0 Å². The highest BCUT2D eigenvalue weighted by molar-refractivity contribution is 6.21. The van der Waals surface area contributed by atoms with E-state index in [1.807, 2.05) is 5.32 Å². The number of hydrogen-bond donors (Lipinski definition) is 4. The van der Waals surface area contributed by atoms with Crippen LogP contribution in [-0.4, -0.2) is 35.0 Å². The Kier molecular flexibility index (Phi) is 4.48. The Balaban J connectivity index is 0.000000159. The molecule has 2 fully saturated rings. The van der Waals surface area contributed by atoms with Gasteiger partial charge in [0.05, 0.1) is 25.1 Å². The summed E-state index contributed by atoms with van der Waals surface area (Å²) in [4.78, 5) is 55.0. The summed E-state index contributed by atoms with van der Waals surface area (Å²) in [6, 6.07) is 1.87. The Morgan fingerprint density at radius 1 is 0.889 bits per heavy atom. The first-order valence-corrected chi connectivity index (χ1v) is 7.28. The fourth-order valence-electron chi connectivity index (χ4n) is 2.25. The van der Waals surface area contributed by atoms with Crippen LogP contribution >= 0.6 is 0 Å². The molecule has 0 radical (unpaired) electrons. The second-order valence-corrected chi connectivity index (χ2v) is 5.29. The largest absolute Gasteiger partial charge is 0.472 e. The number of furan rings is 2.